The molecule has 0 unspecified atom stereocenters. The molecule has 70 valence electrons. The van der Waals surface area contributed by atoms with Crippen LogP contribution in [-0.4, -0.2) is 16.5 Å². The summed E-state index contributed by atoms with van der Waals surface area (Å²) in [5, 5.41) is 10.3. The maximum absolute atomic E-state index is 10.3. The molecule has 0 aliphatic rings. The second kappa shape index (κ2) is 3.70. The van der Waals surface area contributed by atoms with Crippen LogP contribution in [-0.2, 0) is 0 Å². The zero-order valence-electron chi connectivity index (χ0n) is 7.06. The van der Waals surface area contributed by atoms with Crippen molar-refractivity contribution in [2.24, 2.45) is 0 Å². The van der Waals surface area contributed by atoms with Gasteiger partial charge < -0.3 is 10.5 Å². The van der Waals surface area contributed by atoms with E-state index in [-0.39, 0.29) is 11.5 Å². The number of nitrogen functional groups attached to an aromatic ring is 1. The number of hydrogen-bond acceptors (Lipinski definition) is 5. The molecule has 0 aromatic carbocycles. The quantitative estimate of drug-likeness (QED) is 0.556. The summed E-state index contributed by atoms with van der Waals surface area (Å²) in [6.07, 6.45) is 0. The first-order valence-electron chi connectivity index (χ1n) is 3.69. The van der Waals surface area contributed by atoms with Crippen LogP contribution in [0.3, 0.4) is 0 Å². The van der Waals surface area contributed by atoms with Crippen LogP contribution < -0.4 is 10.5 Å². The van der Waals surface area contributed by atoms with E-state index in [0.29, 0.717) is 12.5 Å². The number of nitrogens with zero attached hydrogens (tertiary/aromatic N) is 2. The van der Waals surface area contributed by atoms with Crippen LogP contribution in [0.1, 0.15) is 6.92 Å². The van der Waals surface area contributed by atoms with Gasteiger partial charge in [0.15, 0.2) is 0 Å². The molecule has 6 nitrogen and oxygen atoms in total. The van der Waals surface area contributed by atoms with Gasteiger partial charge in [-0.3, -0.25) is 10.1 Å². The Morgan fingerprint density at radius 1 is 1.69 bits per heavy atom. The summed E-state index contributed by atoms with van der Waals surface area (Å²) in [6.45, 7) is 2.24. The Labute approximate surface area is 74.5 Å². The summed E-state index contributed by atoms with van der Waals surface area (Å²) in [4.78, 5) is 13.4. The summed E-state index contributed by atoms with van der Waals surface area (Å²) in [6, 6.07) is 2.69. The molecule has 0 aliphatic heterocycles. The zero-order valence-corrected chi connectivity index (χ0v) is 7.06. The number of nitrogens with two attached hydrogens (primary N) is 1. The lowest BCUT2D eigenvalue weighted by atomic mass is 10.4. The molecule has 0 radical (unpaired) electrons. The minimum Gasteiger partial charge on any atom is -0.478 e. The molecule has 0 bridgehead atoms. The predicted molar refractivity (Wildman–Crippen MR) is 46.5 cm³/mol. The largest absolute Gasteiger partial charge is 0.478 e. The zero-order chi connectivity index (χ0) is 9.84. The number of rotatable bonds is 3. The van der Waals surface area contributed by atoms with Gasteiger partial charge in [0, 0.05) is 12.1 Å². The second-order valence-electron chi connectivity index (χ2n) is 2.24. The first kappa shape index (κ1) is 9.24. The number of aromatic nitrogens is 1. The van der Waals surface area contributed by atoms with Crippen molar-refractivity contribution >= 4 is 11.5 Å². The van der Waals surface area contributed by atoms with Gasteiger partial charge in [-0.05, 0) is 6.92 Å². The van der Waals surface area contributed by atoms with Crippen LogP contribution in [0.4, 0.5) is 11.5 Å². The van der Waals surface area contributed by atoms with E-state index < -0.39 is 4.92 Å². The Bertz CT molecular complexity index is 327. The smallest absolute Gasteiger partial charge is 0.311 e. The number of pyridine rings is 1. The van der Waals surface area contributed by atoms with Gasteiger partial charge in [0.05, 0.1) is 11.5 Å². The Hall–Kier alpha value is -1.85. The Balaban J connectivity index is 2.98. The van der Waals surface area contributed by atoms with Crippen molar-refractivity contribution in [1.29, 1.82) is 0 Å². The topological polar surface area (TPSA) is 91.3 Å². The van der Waals surface area contributed by atoms with E-state index in [4.69, 9.17) is 10.5 Å². The summed E-state index contributed by atoms with van der Waals surface area (Å²) in [5.41, 5.74) is 5.11. The first-order valence-corrected chi connectivity index (χ1v) is 3.69. The minimum atomic E-state index is -0.585. The van der Waals surface area contributed by atoms with Crippen molar-refractivity contribution in [2.45, 2.75) is 6.92 Å². The minimum absolute atomic E-state index is 0.129. The normalized spacial score (nSPS) is 9.62. The Kier molecular flexibility index (Phi) is 2.63. The fraction of sp³-hybridized carbons (Fsp3) is 0.286. The standard InChI is InChI=1S/C7H9N3O3/c1-2-13-6-4-3-5(10(11)12)7(8)9-6/h3-4H,2H2,1H3,(H2,8,9). The lowest BCUT2D eigenvalue weighted by molar-refractivity contribution is -0.384. The molecule has 0 atom stereocenters. The molecular weight excluding hydrogens is 174 g/mol. The van der Waals surface area contributed by atoms with E-state index in [0.717, 1.165) is 0 Å². The van der Waals surface area contributed by atoms with Gasteiger partial charge in [0.1, 0.15) is 0 Å². The van der Waals surface area contributed by atoms with E-state index in [1.807, 2.05) is 0 Å². The molecular formula is C7H9N3O3. The van der Waals surface area contributed by atoms with Crippen molar-refractivity contribution in [2.75, 3.05) is 12.3 Å². The van der Waals surface area contributed by atoms with Gasteiger partial charge in [-0.1, -0.05) is 0 Å². The van der Waals surface area contributed by atoms with Crippen LogP contribution in [0.5, 0.6) is 5.88 Å². The fourth-order valence-electron chi connectivity index (χ4n) is 0.832. The van der Waals surface area contributed by atoms with E-state index in [9.17, 15) is 10.1 Å². The van der Waals surface area contributed by atoms with E-state index in [1.54, 1.807) is 6.92 Å². The number of anilines is 1. The maximum Gasteiger partial charge on any atom is 0.311 e. The highest BCUT2D eigenvalue weighted by Gasteiger charge is 2.12. The molecule has 0 amide bonds. The van der Waals surface area contributed by atoms with Crippen molar-refractivity contribution in [3.63, 3.8) is 0 Å². The summed E-state index contributed by atoms with van der Waals surface area (Å²) in [5.74, 6) is 0.168. The fourth-order valence-corrected chi connectivity index (χ4v) is 0.832. The Morgan fingerprint density at radius 2 is 2.38 bits per heavy atom. The molecule has 1 heterocycles. The molecule has 1 rings (SSSR count). The van der Waals surface area contributed by atoms with Gasteiger partial charge in [0.2, 0.25) is 11.7 Å². The lowest BCUT2D eigenvalue weighted by Crippen LogP contribution is -2.01. The van der Waals surface area contributed by atoms with Gasteiger partial charge in [0.25, 0.3) is 0 Å². The van der Waals surface area contributed by atoms with Crippen LogP contribution in [0.2, 0.25) is 0 Å². The van der Waals surface area contributed by atoms with Crippen LogP contribution in [0.15, 0.2) is 12.1 Å². The summed E-state index contributed by atoms with van der Waals surface area (Å²) >= 11 is 0. The van der Waals surface area contributed by atoms with Gasteiger partial charge in [-0.25, -0.2) is 0 Å². The number of hydrogen-bond donors (Lipinski definition) is 1. The molecule has 1 aromatic heterocycles. The number of nitro groups is 1. The summed E-state index contributed by atoms with van der Waals surface area (Å²) in [7, 11) is 0. The molecule has 0 fully saturated rings. The monoisotopic (exact) mass is 183 g/mol. The third-order valence-corrected chi connectivity index (χ3v) is 1.37. The average molecular weight is 183 g/mol. The highest BCUT2D eigenvalue weighted by molar-refractivity contribution is 5.53. The van der Waals surface area contributed by atoms with E-state index >= 15 is 0 Å². The van der Waals surface area contributed by atoms with Crippen molar-refractivity contribution in [3.8, 4) is 5.88 Å². The molecule has 1 aromatic rings. The molecule has 0 saturated heterocycles. The molecule has 0 spiro atoms. The summed E-state index contributed by atoms with van der Waals surface area (Å²) < 4.78 is 5.01. The van der Waals surface area contributed by atoms with Gasteiger partial charge in [-0.15, -0.1) is 0 Å². The third-order valence-electron chi connectivity index (χ3n) is 1.37. The van der Waals surface area contributed by atoms with E-state index in [1.165, 1.54) is 12.1 Å². The number of ether oxygens (including phenoxy) is 1. The average Bonchev–Trinajstić information content (AvgIpc) is 2.04. The Morgan fingerprint density at radius 3 is 2.85 bits per heavy atom. The molecule has 13 heavy (non-hydrogen) atoms. The molecule has 0 saturated carbocycles. The second-order valence-corrected chi connectivity index (χ2v) is 2.24. The van der Waals surface area contributed by atoms with Crippen LogP contribution >= 0.6 is 0 Å². The lowest BCUT2D eigenvalue weighted by Gasteiger charge is -2.01. The van der Waals surface area contributed by atoms with Crippen LogP contribution in [0.25, 0.3) is 0 Å². The van der Waals surface area contributed by atoms with Gasteiger partial charge in [-0.2, -0.15) is 4.98 Å². The highest BCUT2D eigenvalue weighted by atomic mass is 16.6. The van der Waals surface area contributed by atoms with Crippen LogP contribution in [0, 0.1) is 10.1 Å². The molecule has 0 aliphatic carbocycles. The third kappa shape index (κ3) is 2.05. The van der Waals surface area contributed by atoms with Crippen molar-refractivity contribution in [3.05, 3.63) is 22.2 Å². The predicted octanol–water partition coefficient (Wildman–Crippen LogP) is 0.971. The van der Waals surface area contributed by atoms with E-state index in [2.05, 4.69) is 4.98 Å². The van der Waals surface area contributed by atoms with Gasteiger partial charge >= 0.3 is 5.69 Å². The highest BCUT2D eigenvalue weighted by Crippen LogP contribution is 2.21. The van der Waals surface area contributed by atoms with Crippen molar-refractivity contribution < 1.29 is 9.66 Å². The van der Waals surface area contributed by atoms with Crippen molar-refractivity contribution in [1.82, 2.24) is 4.98 Å². The molecule has 6 heteroatoms. The maximum atomic E-state index is 10.3. The molecule has 2 N–H and O–H groups in total. The SMILES string of the molecule is CCOc1ccc([N+](=O)[O-])c(N)n1. The first-order chi connectivity index (χ1) is 6.15.